The number of aromatic nitrogens is 1. The molecule has 1 spiro atoms. The summed E-state index contributed by atoms with van der Waals surface area (Å²) < 4.78 is 0. The zero-order chi connectivity index (χ0) is 17.3. The van der Waals surface area contributed by atoms with E-state index in [-0.39, 0.29) is 17.6 Å². The van der Waals surface area contributed by atoms with E-state index in [1.807, 2.05) is 0 Å². The summed E-state index contributed by atoms with van der Waals surface area (Å²) in [4.78, 5) is 43.9. The number of imide groups is 1. The van der Waals surface area contributed by atoms with Crippen LogP contribution in [-0.4, -0.2) is 51.8 Å². The Morgan fingerprint density at radius 1 is 1.33 bits per heavy atom. The lowest BCUT2D eigenvalue weighted by atomic mass is 9.81. The molecule has 8 heteroatoms. The Morgan fingerprint density at radius 3 is 2.71 bits per heavy atom. The molecule has 0 bridgehead atoms. The first kappa shape index (κ1) is 16.7. The molecule has 4 amide bonds. The number of hydrogen-bond donors (Lipinski definition) is 1. The number of pyridine rings is 1. The molecular weight excluding hydrogens is 332 g/mol. The summed E-state index contributed by atoms with van der Waals surface area (Å²) in [5.41, 5.74) is -0.425. The molecule has 7 nitrogen and oxygen atoms in total. The van der Waals surface area contributed by atoms with Gasteiger partial charge < -0.3 is 10.2 Å². The van der Waals surface area contributed by atoms with Crippen molar-refractivity contribution >= 4 is 35.1 Å². The van der Waals surface area contributed by atoms with Crippen LogP contribution >= 0.6 is 11.6 Å². The fraction of sp³-hybridized carbons (Fsp3) is 0.500. The number of anilines is 1. The summed E-state index contributed by atoms with van der Waals surface area (Å²) >= 11 is 5.90. The first-order chi connectivity index (χ1) is 11.5. The van der Waals surface area contributed by atoms with Crippen LogP contribution in [0.4, 0.5) is 10.5 Å². The molecule has 3 rings (SSSR count). The number of carbonyl (C=O) groups is 3. The van der Waals surface area contributed by atoms with Crippen molar-refractivity contribution < 1.29 is 14.4 Å². The monoisotopic (exact) mass is 350 g/mol. The highest BCUT2D eigenvalue weighted by Gasteiger charge is 2.55. The summed E-state index contributed by atoms with van der Waals surface area (Å²) in [5.74, 6) is -0.755. The number of nitrogens with zero attached hydrogens (tertiary/aromatic N) is 3. The molecule has 2 heterocycles. The lowest BCUT2D eigenvalue weighted by Gasteiger charge is -2.35. The molecule has 0 radical (unpaired) electrons. The predicted molar refractivity (Wildman–Crippen MR) is 88.6 cm³/mol. The fourth-order valence-electron chi connectivity index (χ4n) is 3.48. The molecule has 1 saturated carbocycles. The van der Waals surface area contributed by atoms with Crippen molar-refractivity contribution in [3.05, 3.63) is 23.5 Å². The molecule has 0 aromatic carbocycles. The zero-order valence-electron chi connectivity index (χ0n) is 13.4. The van der Waals surface area contributed by atoms with E-state index < -0.39 is 17.5 Å². The fourth-order valence-corrected chi connectivity index (χ4v) is 3.65. The number of hydrogen-bond acceptors (Lipinski definition) is 4. The van der Waals surface area contributed by atoms with E-state index in [4.69, 9.17) is 11.6 Å². The van der Waals surface area contributed by atoms with Gasteiger partial charge in [-0.05, 0) is 25.0 Å². The molecule has 1 saturated heterocycles. The van der Waals surface area contributed by atoms with Crippen LogP contribution < -0.4 is 5.32 Å². The number of carbonyl (C=O) groups excluding carboxylic acids is 3. The first-order valence-electron chi connectivity index (χ1n) is 7.96. The van der Waals surface area contributed by atoms with Gasteiger partial charge in [-0.2, -0.15) is 0 Å². The number of halogens is 1. The van der Waals surface area contributed by atoms with E-state index in [1.54, 1.807) is 19.2 Å². The van der Waals surface area contributed by atoms with Gasteiger partial charge in [0.15, 0.2) is 5.15 Å². The second kappa shape index (κ2) is 6.39. The first-order valence-corrected chi connectivity index (χ1v) is 8.33. The van der Waals surface area contributed by atoms with Crippen molar-refractivity contribution in [2.75, 3.05) is 18.9 Å². The quantitative estimate of drug-likeness (QED) is 0.669. The molecule has 2 fully saturated rings. The van der Waals surface area contributed by atoms with Crippen molar-refractivity contribution in [1.82, 2.24) is 14.8 Å². The van der Waals surface area contributed by atoms with Gasteiger partial charge in [0.25, 0.3) is 5.91 Å². The van der Waals surface area contributed by atoms with Crippen LogP contribution in [0.25, 0.3) is 0 Å². The summed E-state index contributed by atoms with van der Waals surface area (Å²) in [6.07, 6.45) is 5.70. The van der Waals surface area contributed by atoms with Gasteiger partial charge in [0, 0.05) is 13.2 Å². The Hall–Kier alpha value is -2.15. The van der Waals surface area contributed by atoms with E-state index >= 15 is 0 Å². The van der Waals surface area contributed by atoms with E-state index in [2.05, 4.69) is 10.3 Å². The van der Waals surface area contributed by atoms with Gasteiger partial charge in [-0.25, -0.2) is 9.78 Å². The Balaban J connectivity index is 1.73. The van der Waals surface area contributed by atoms with E-state index in [0.29, 0.717) is 18.5 Å². The van der Waals surface area contributed by atoms with Gasteiger partial charge in [-0.15, -0.1) is 0 Å². The molecule has 0 atom stereocenters. The molecule has 1 aromatic rings. The highest BCUT2D eigenvalue weighted by atomic mass is 35.5. The molecule has 1 aliphatic carbocycles. The predicted octanol–water partition coefficient (Wildman–Crippen LogP) is 2.27. The average Bonchev–Trinajstić information content (AvgIpc) is 2.74. The largest absolute Gasteiger partial charge is 0.327 e. The molecule has 1 N–H and O–H groups in total. The van der Waals surface area contributed by atoms with Crippen LogP contribution in [0.2, 0.25) is 5.15 Å². The summed E-state index contributed by atoms with van der Waals surface area (Å²) in [6, 6.07) is 2.82. The number of rotatable bonds is 3. The summed E-state index contributed by atoms with van der Waals surface area (Å²) in [7, 11) is 1.64. The SMILES string of the molecule is CN1C(=O)N(CC(=O)Nc2cccnc2Cl)C(=O)C12CCCCC2. The Labute approximate surface area is 145 Å². The third-order valence-electron chi connectivity index (χ3n) is 4.82. The van der Waals surface area contributed by atoms with Crippen molar-refractivity contribution in [1.29, 1.82) is 0 Å². The van der Waals surface area contributed by atoms with Crippen LogP contribution in [0.3, 0.4) is 0 Å². The second-order valence-corrected chi connectivity index (χ2v) is 6.57. The molecule has 24 heavy (non-hydrogen) atoms. The topological polar surface area (TPSA) is 82.6 Å². The van der Waals surface area contributed by atoms with Gasteiger partial charge in [0.1, 0.15) is 12.1 Å². The van der Waals surface area contributed by atoms with Crippen LogP contribution in [-0.2, 0) is 9.59 Å². The minimum atomic E-state index is -0.776. The lowest BCUT2D eigenvalue weighted by molar-refractivity contribution is -0.136. The maximum Gasteiger partial charge on any atom is 0.327 e. The third-order valence-corrected chi connectivity index (χ3v) is 5.12. The second-order valence-electron chi connectivity index (χ2n) is 6.22. The zero-order valence-corrected chi connectivity index (χ0v) is 14.2. The van der Waals surface area contributed by atoms with Gasteiger partial charge in [-0.1, -0.05) is 30.9 Å². The summed E-state index contributed by atoms with van der Waals surface area (Å²) in [6.45, 7) is -0.324. The van der Waals surface area contributed by atoms with Gasteiger partial charge in [0.2, 0.25) is 5.91 Å². The average molecular weight is 351 g/mol. The van der Waals surface area contributed by atoms with Crippen LogP contribution in [0, 0.1) is 0 Å². The highest BCUT2D eigenvalue weighted by Crippen LogP contribution is 2.39. The number of likely N-dealkylation sites (N-methyl/N-ethyl adjacent to an activating group) is 1. The molecule has 1 aliphatic heterocycles. The molecule has 2 aliphatic rings. The summed E-state index contributed by atoms with van der Waals surface area (Å²) in [5, 5.41) is 2.74. The normalized spacial score (nSPS) is 19.9. The van der Waals surface area contributed by atoms with Crippen LogP contribution in [0.1, 0.15) is 32.1 Å². The Bertz CT molecular complexity index is 688. The maximum absolute atomic E-state index is 12.8. The van der Waals surface area contributed by atoms with Gasteiger partial charge in [-0.3, -0.25) is 14.5 Å². The minimum Gasteiger partial charge on any atom is -0.322 e. The van der Waals surface area contributed by atoms with E-state index in [9.17, 15) is 14.4 Å². The molecule has 0 unspecified atom stereocenters. The van der Waals surface area contributed by atoms with Gasteiger partial charge in [0.05, 0.1) is 5.69 Å². The van der Waals surface area contributed by atoms with Gasteiger partial charge >= 0.3 is 6.03 Å². The van der Waals surface area contributed by atoms with Crippen LogP contribution in [0.5, 0.6) is 0 Å². The van der Waals surface area contributed by atoms with Crippen molar-refractivity contribution in [3.63, 3.8) is 0 Å². The molecule has 1 aromatic heterocycles. The standard InChI is InChI=1S/C16H19ClN4O3/c1-20-15(24)21(14(23)16(20)7-3-2-4-8-16)10-12(22)19-11-6-5-9-18-13(11)17/h5-6,9H,2-4,7-8,10H2,1H3,(H,19,22). The van der Waals surface area contributed by atoms with Crippen LogP contribution in [0.15, 0.2) is 18.3 Å². The van der Waals surface area contributed by atoms with E-state index in [0.717, 1.165) is 24.2 Å². The minimum absolute atomic E-state index is 0.158. The molecule has 128 valence electrons. The highest BCUT2D eigenvalue weighted by molar-refractivity contribution is 6.32. The number of amides is 4. The third kappa shape index (κ3) is 2.73. The van der Waals surface area contributed by atoms with Crippen molar-refractivity contribution in [2.45, 2.75) is 37.6 Å². The van der Waals surface area contributed by atoms with E-state index in [1.165, 1.54) is 11.1 Å². The Kier molecular flexibility index (Phi) is 4.45. The van der Waals surface area contributed by atoms with Crippen molar-refractivity contribution in [3.8, 4) is 0 Å². The Morgan fingerprint density at radius 2 is 2.04 bits per heavy atom. The lowest BCUT2D eigenvalue weighted by Crippen LogP contribution is -2.49. The number of urea groups is 1. The smallest absolute Gasteiger partial charge is 0.322 e. The van der Waals surface area contributed by atoms with Crippen molar-refractivity contribution in [2.24, 2.45) is 0 Å². The number of nitrogens with one attached hydrogen (secondary N) is 1. The maximum atomic E-state index is 12.8. The molecular formula is C16H19ClN4O3.